The lowest BCUT2D eigenvalue weighted by Crippen LogP contribution is -2.20. The third-order valence-corrected chi connectivity index (χ3v) is 3.38. The topological polar surface area (TPSA) is 12.0 Å². The highest BCUT2D eigenvalue weighted by Crippen LogP contribution is 2.26. The molecule has 0 aliphatic heterocycles. The van der Waals surface area contributed by atoms with Crippen LogP contribution >= 0.6 is 11.3 Å². The van der Waals surface area contributed by atoms with E-state index in [2.05, 4.69) is 36.5 Å². The molecule has 1 aromatic heterocycles. The van der Waals surface area contributed by atoms with Crippen molar-refractivity contribution in [1.29, 1.82) is 0 Å². The molecule has 1 heterocycles. The number of nitrogens with one attached hydrogen (secondary N) is 1. The number of terminal acetylenes is 1. The maximum absolute atomic E-state index is 5.29. The van der Waals surface area contributed by atoms with Crippen LogP contribution in [0.1, 0.15) is 36.2 Å². The van der Waals surface area contributed by atoms with Crippen LogP contribution in [-0.2, 0) is 0 Å². The summed E-state index contributed by atoms with van der Waals surface area (Å²) in [6.45, 7) is 5.28. The van der Waals surface area contributed by atoms with E-state index in [4.69, 9.17) is 6.42 Å². The lowest BCUT2D eigenvalue weighted by molar-refractivity contribution is 0.528. The molecule has 1 N–H and O–H groups in total. The maximum Gasteiger partial charge on any atom is 0.0426 e. The zero-order chi connectivity index (χ0) is 10.4. The molecule has 0 fully saturated rings. The van der Waals surface area contributed by atoms with Gasteiger partial charge in [-0.2, -0.15) is 0 Å². The second-order valence-corrected chi connectivity index (χ2v) is 4.27. The smallest absolute Gasteiger partial charge is 0.0426 e. The van der Waals surface area contributed by atoms with Gasteiger partial charge < -0.3 is 5.32 Å². The van der Waals surface area contributed by atoms with Gasteiger partial charge in [0.15, 0.2) is 0 Å². The minimum Gasteiger partial charge on any atom is -0.309 e. The SMILES string of the molecule is C#CCCC(NCC)c1sccc1C. The average Bonchev–Trinajstić information content (AvgIpc) is 2.59. The fourth-order valence-corrected chi connectivity index (χ4v) is 2.58. The molecule has 0 saturated carbocycles. The summed E-state index contributed by atoms with van der Waals surface area (Å²) in [7, 11) is 0. The first-order valence-corrected chi connectivity index (χ1v) is 5.88. The van der Waals surface area contributed by atoms with Gasteiger partial charge in [0.25, 0.3) is 0 Å². The number of hydrogen-bond acceptors (Lipinski definition) is 2. The van der Waals surface area contributed by atoms with Gasteiger partial charge in [0.1, 0.15) is 0 Å². The summed E-state index contributed by atoms with van der Waals surface area (Å²) < 4.78 is 0. The molecule has 0 radical (unpaired) electrons. The first-order valence-electron chi connectivity index (χ1n) is 5.00. The molecular formula is C12H17NS. The van der Waals surface area contributed by atoms with Crippen molar-refractivity contribution in [2.75, 3.05) is 6.54 Å². The largest absolute Gasteiger partial charge is 0.309 e. The molecule has 1 rings (SSSR count). The molecule has 0 aromatic carbocycles. The first kappa shape index (κ1) is 11.3. The Labute approximate surface area is 90.5 Å². The third kappa shape index (κ3) is 2.87. The van der Waals surface area contributed by atoms with Crippen molar-refractivity contribution in [3.63, 3.8) is 0 Å². The van der Waals surface area contributed by atoms with Gasteiger partial charge in [-0.25, -0.2) is 0 Å². The van der Waals surface area contributed by atoms with Crippen molar-refractivity contribution in [2.45, 2.75) is 32.7 Å². The fraction of sp³-hybridized carbons (Fsp3) is 0.500. The van der Waals surface area contributed by atoms with Crippen molar-refractivity contribution < 1.29 is 0 Å². The quantitative estimate of drug-likeness (QED) is 0.731. The zero-order valence-corrected chi connectivity index (χ0v) is 9.66. The van der Waals surface area contributed by atoms with E-state index in [1.807, 2.05) is 11.3 Å². The highest BCUT2D eigenvalue weighted by Gasteiger charge is 2.12. The highest BCUT2D eigenvalue weighted by atomic mass is 32.1. The van der Waals surface area contributed by atoms with E-state index in [1.54, 1.807) is 0 Å². The molecule has 0 saturated heterocycles. The minimum absolute atomic E-state index is 0.441. The highest BCUT2D eigenvalue weighted by molar-refractivity contribution is 7.10. The Morgan fingerprint density at radius 2 is 2.43 bits per heavy atom. The van der Waals surface area contributed by atoms with Crippen molar-refractivity contribution >= 4 is 11.3 Å². The Morgan fingerprint density at radius 1 is 1.64 bits per heavy atom. The summed E-state index contributed by atoms with van der Waals surface area (Å²) in [5, 5.41) is 5.62. The van der Waals surface area contributed by atoms with Crippen LogP contribution in [0, 0.1) is 19.3 Å². The van der Waals surface area contributed by atoms with Crippen LogP contribution in [-0.4, -0.2) is 6.54 Å². The predicted octanol–water partition coefficient (Wildman–Crippen LogP) is 3.12. The van der Waals surface area contributed by atoms with Crippen LogP contribution in [0.3, 0.4) is 0 Å². The summed E-state index contributed by atoms with van der Waals surface area (Å²) in [4.78, 5) is 1.43. The van der Waals surface area contributed by atoms with E-state index < -0.39 is 0 Å². The van der Waals surface area contributed by atoms with Crippen LogP contribution in [0.15, 0.2) is 11.4 Å². The van der Waals surface area contributed by atoms with Crippen molar-refractivity contribution in [2.24, 2.45) is 0 Å². The minimum atomic E-state index is 0.441. The number of aryl methyl sites for hydroxylation is 1. The second-order valence-electron chi connectivity index (χ2n) is 3.32. The number of hydrogen-bond donors (Lipinski definition) is 1. The summed E-state index contributed by atoms with van der Waals surface area (Å²) in [6.07, 6.45) is 7.17. The molecule has 2 heteroatoms. The van der Waals surface area contributed by atoms with Crippen LogP contribution < -0.4 is 5.32 Å². The molecule has 0 bridgehead atoms. The van der Waals surface area contributed by atoms with Crippen LogP contribution in [0.2, 0.25) is 0 Å². The molecule has 76 valence electrons. The second kappa shape index (κ2) is 5.85. The molecule has 1 aromatic rings. The first-order chi connectivity index (χ1) is 6.79. The van der Waals surface area contributed by atoms with Gasteiger partial charge in [0.05, 0.1) is 0 Å². The van der Waals surface area contributed by atoms with E-state index in [0.717, 1.165) is 19.4 Å². The maximum atomic E-state index is 5.29. The fourth-order valence-electron chi connectivity index (χ4n) is 1.54. The summed E-state index contributed by atoms with van der Waals surface area (Å²) in [5.41, 5.74) is 1.37. The van der Waals surface area contributed by atoms with Gasteiger partial charge in [0.2, 0.25) is 0 Å². The Balaban J connectivity index is 2.68. The Bertz CT molecular complexity index is 308. The summed E-state index contributed by atoms with van der Waals surface area (Å²) >= 11 is 1.82. The van der Waals surface area contributed by atoms with Crippen molar-refractivity contribution in [3.05, 3.63) is 21.9 Å². The molecule has 0 aliphatic rings. The molecule has 0 amide bonds. The van der Waals surface area contributed by atoms with Gasteiger partial charge >= 0.3 is 0 Å². The molecule has 1 nitrogen and oxygen atoms in total. The van der Waals surface area contributed by atoms with Gasteiger partial charge in [-0.3, -0.25) is 0 Å². The zero-order valence-electron chi connectivity index (χ0n) is 8.84. The van der Waals surface area contributed by atoms with Gasteiger partial charge in [-0.05, 0) is 36.9 Å². The average molecular weight is 207 g/mol. The molecule has 14 heavy (non-hydrogen) atoms. The monoisotopic (exact) mass is 207 g/mol. The van der Waals surface area contributed by atoms with Gasteiger partial charge in [-0.1, -0.05) is 6.92 Å². The standard InChI is InChI=1S/C12H17NS/c1-4-6-7-11(13-5-2)12-10(3)8-9-14-12/h1,8-9,11,13H,5-7H2,2-3H3. The molecule has 1 unspecified atom stereocenters. The molecule has 0 aliphatic carbocycles. The van der Waals surface area contributed by atoms with Crippen molar-refractivity contribution in [3.8, 4) is 12.3 Å². The lowest BCUT2D eigenvalue weighted by Gasteiger charge is -2.16. The number of rotatable bonds is 5. The normalized spacial score (nSPS) is 12.4. The van der Waals surface area contributed by atoms with E-state index in [1.165, 1.54) is 10.4 Å². The van der Waals surface area contributed by atoms with E-state index in [-0.39, 0.29) is 0 Å². The number of thiophene rings is 1. The van der Waals surface area contributed by atoms with Crippen LogP contribution in [0.25, 0.3) is 0 Å². The Morgan fingerprint density at radius 3 is 2.93 bits per heavy atom. The molecular weight excluding hydrogens is 190 g/mol. The van der Waals surface area contributed by atoms with Crippen molar-refractivity contribution in [1.82, 2.24) is 5.32 Å². The van der Waals surface area contributed by atoms with E-state index in [0.29, 0.717) is 6.04 Å². The summed E-state index contributed by atoms with van der Waals surface area (Å²) in [6, 6.07) is 2.61. The Kier molecular flexibility index (Phi) is 4.72. The summed E-state index contributed by atoms with van der Waals surface area (Å²) in [5.74, 6) is 2.70. The lowest BCUT2D eigenvalue weighted by atomic mass is 10.1. The Hall–Kier alpha value is -0.780. The van der Waals surface area contributed by atoms with Gasteiger partial charge in [-0.15, -0.1) is 23.7 Å². The van der Waals surface area contributed by atoms with Gasteiger partial charge in [0, 0.05) is 17.3 Å². The molecule has 0 spiro atoms. The van der Waals surface area contributed by atoms with E-state index in [9.17, 15) is 0 Å². The van der Waals surface area contributed by atoms with Crippen LogP contribution in [0.4, 0.5) is 0 Å². The van der Waals surface area contributed by atoms with Crippen LogP contribution in [0.5, 0.6) is 0 Å². The van der Waals surface area contributed by atoms with E-state index >= 15 is 0 Å². The third-order valence-electron chi connectivity index (χ3n) is 2.25. The predicted molar refractivity (Wildman–Crippen MR) is 63.5 cm³/mol. The molecule has 1 atom stereocenters.